The average Bonchev–Trinajstić information content (AvgIpc) is 3.19. The van der Waals surface area contributed by atoms with E-state index in [-0.39, 0.29) is 18.6 Å². The average molecular weight is 270 g/mol. The largest absolute Gasteiger partial charge is 0.388 e. The molecule has 2 aromatic rings. The van der Waals surface area contributed by atoms with Gasteiger partial charge in [0.1, 0.15) is 6.54 Å². The number of nitrogens with zero attached hydrogens (tertiary/aromatic N) is 1. The highest BCUT2D eigenvalue weighted by Crippen LogP contribution is 2.40. The Morgan fingerprint density at radius 2 is 2.05 bits per heavy atom. The summed E-state index contributed by atoms with van der Waals surface area (Å²) in [6, 6.07) is 11.3. The van der Waals surface area contributed by atoms with Crippen molar-refractivity contribution >= 4 is 11.6 Å². The molecule has 1 aliphatic rings. The molecule has 1 heterocycles. The molecule has 1 aliphatic carbocycles. The molecular formula is C16H18N2O2. The fourth-order valence-electron chi connectivity index (χ4n) is 2.30. The second kappa shape index (κ2) is 5.51. The summed E-state index contributed by atoms with van der Waals surface area (Å²) in [5.41, 5.74) is 1.70. The van der Waals surface area contributed by atoms with Gasteiger partial charge in [-0.3, -0.25) is 4.79 Å². The zero-order chi connectivity index (χ0) is 13.9. The fraction of sp³-hybridized carbons (Fsp3) is 0.312. The van der Waals surface area contributed by atoms with Crippen LogP contribution in [0.2, 0.25) is 0 Å². The number of rotatable bonds is 5. The van der Waals surface area contributed by atoms with Gasteiger partial charge in [-0.05, 0) is 42.5 Å². The lowest BCUT2D eigenvalue weighted by Gasteiger charge is -2.07. The Hall–Kier alpha value is -2.07. The van der Waals surface area contributed by atoms with Crippen LogP contribution in [0.5, 0.6) is 0 Å². The predicted molar refractivity (Wildman–Crippen MR) is 77.2 cm³/mol. The van der Waals surface area contributed by atoms with Gasteiger partial charge in [0.15, 0.2) is 0 Å². The van der Waals surface area contributed by atoms with Gasteiger partial charge in [0.2, 0.25) is 5.91 Å². The number of hydrogen-bond donors (Lipinski definition) is 2. The van der Waals surface area contributed by atoms with Gasteiger partial charge in [-0.1, -0.05) is 18.2 Å². The molecule has 0 aliphatic heterocycles. The van der Waals surface area contributed by atoms with Crippen LogP contribution < -0.4 is 5.32 Å². The van der Waals surface area contributed by atoms with Crippen molar-refractivity contribution in [1.82, 2.24) is 4.57 Å². The number of carbonyl (C=O) groups excluding carboxylic acids is 1. The van der Waals surface area contributed by atoms with Crippen LogP contribution in [0.4, 0.5) is 5.69 Å². The Labute approximate surface area is 118 Å². The van der Waals surface area contributed by atoms with E-state index in [0.717, 1.165) is 24.1 Å². The molecular weight excluding hydrogens is 252 g/mol. The predicted octanol–water partition coefficient (Wildman–Crippen LogP) is 2.57. The number of aromatic nitrogens is 1. The van der Waals surface area contributed by atoms with Crippen molar-refractivity contribution in [3.05, 3.63) is 54.4 Å². The topological polar surface area (TPSA) is 54.3 Å². The first-order valence-electron chi connectivity index (χ1n) is 6.91. The fourth-order valence-corrected chi connectivity index (χ4v) is 2.30. The number of para-hydroxylation sites is 1. The van der Waals surface area contributed by atoms with Gasteiger partial charge in [-0.25, -0.2) is 0 Å². The number of amides is 1. The summed E-state index contributed by atoms with van der Waals surface area (Å²) in [5.74, 6) is 0.336. The highest BCUT2D eigenvalue weighted by molar-refractivity contribution is 5.90. The minimum absolute atomic E-state index is 0.0701. The van der Waals surface area contributed by atoms with Crippen LogP contribution in [-0.4, -0.2) is 15.6 Å². The Bertz CT molecular complexity index is 588. The molecule has 3 rings (SSSR count). The van der Waals surface area contributed by atoms with Crippen LogP contribution in [0.1, 0.15) is 24.5 Å². The van der Waals surface area contributed by atoms with Crippen molar-refractivity contribution < 1.29 is 9.90 Å². The second-order valence-corrected chi connectivity index (χ2v) is 5.31. The smallest absolute Gasteiger partial charge is 0.244 e. The Morgan fingerprint density at radius 1 is 1.30 bits per heavy atom. The Morgan fingerprint density at radius 3 is 2.75 bits per heavy atom. The van der Waals surface area contributed by atoms with Gasteiger partial charge in [0, 0.05) is 18.1 Å². The lowest BCUT2D eigenvalue weighted by Crippen LogP contribution is -2.17. The van der Waals surface area contributed by atoms with Crippen molar-refractivity contribution in [3.63, 3.8) is 0 Å². The van der Waals surface area contributed by atoms with E-state index < -0.39 is 0 Å². The minimum atomic E-state index is -0.381. The van der Waals surface area contributed by atoms with Gasteiger partial charge in [0.05, 0.1) is 6.10 Å². The molecule has 1 amide bonds. The van der Waals surface area contributed by atoms with Gasteiger partial charge >= 0.3 is 0 Å². The molecule has 0 radical (unpaired) electrons. The highest BCUT2D eigenvalue weighted by Gasteiger charge is 2.31. The quantitative estimate of drug-likeness (QED) is 0.877. The maximum atomic E-state index is 11.9. The summed E-state index contributed by atoms with van der Waals surface area (Å²) in [5, 5.41) is 12.9. The molecule has 1 unspecified atom stereocenters. The molecule has 1 aromatic heterocycles. The van der Waals surface area contributed by atoms with E-state index in [2.05, 4.69) is 5.32 Å². The van der Waals surface area contributed by atoms with Crippen LogP contribution in [-0.2, 0) is 11.3 Å². The van der Waals surface area contributed by atoms with Crippen LogP contribution in [0.25, 0.3) is 0 Å². The van der Waals surface area contributed by atoms with Crippen molar-refractivity contribution in [2.75, 3.05) is 5.32 Å². The highest BCUT2D eigenvalue weighted by atomic mass is 16.3. The summed E-state index contributed by atoms with van der Waals surface area (Å²) in [7, 11) is 0. The van der Waals surface area contributed by atoms with Crippen LogP contribution in [0.3, 0.4) is 0 Å². The summed E-state index contributed by atoms with van der Waals surface area (Å²) in [6.45, 7) is 0.256. The third kappa shape index (κ3) is 3.08. The number of benzene rings is 1. The Kier molecular flexibility index (Phi) is 3.56. The van der Waals surface area contributed by atoms with E-state index in [1.54, 1.807) is 4.57 Å². The van der Waals surface area contributed by atoms with Crippen molar-refractivity contribution in [3.8, 4) is 0 Å². The third-order valence-corrected chi connectivity index (χ3v) is 3.57. The number of anilines is 1. The molecule has 4 heteroatoms. The van der Waals surface area contributed by atoms with Crippen LogP contribution >= 0.6 is 0 Å². The number of aliphatic hydroxyl groups is 1. The molecule has 1 aromatic carbocycles. The molecule has 1 fully saturated rings. The maximum absolute atomic E-state index is 11.9. The molecule has 104 valence electrons. The standard InChI is InChI=1S/C16H18N2O2/c19-15(17-14-4-2-1-3-5-14)11-18-9-8-13(10-18)16(20)12-6-7-12/h1-5,8-10,12,16,20H,6-7,11H2,(H,17,19). The lowest BCUT2D eigenvalue weighted by molar-refractivity contribution is -0.116. The number of hydrogen-bond acceptors (Lipinski definition) is 2. The molecule has 1 atom stereocenters. The first-order chi connectivity index (χ1) is 9.72. The zero-order valence-corrected chi connectivity index (χ0v) is 11.2. The van der Waals surface area contributed by atoms with E-state index in [1.165, 1.54) is 0 Å². The Balaban J connectivity index is 1.58. The van der Waals surface area contributed by atoms with Gasteiger partial charge in [0.25, 0.3) is 0 Å². The molecule has 4 nitrogen and oxygen atoms in total. The minimum Gasteiger partial charge on any atom is -0.388 e. The zero-order valence-electron chi connectivity index (χ0n) is 11.2. The lowest BCUT2D eigenvalue weighted by atomic mass is 10.1. The van der Waals surface area contributed by atoms with Crippen molar-refractivity contribution in [2.45, 2.75) is 25.5 Å². The normalized spacial score (nSPS) is 15.8. The van der Waals surface area contributed by atoms with E-state index in [1.807, 2.05) is 48.8 Å². The summed E-state index contributed by atoms with van der Waals surface area (Å²) < 4.78 is 1.80. The molecule has 1 saturated carbocycles. The van der Waals surface area contributed by atoms with E-state index in [9.17, 15) is 9.90 Å². The first-order valence-corrected chi connectivity index (χ1v) is 6.91. The van der Waals surface area contributed by atoms with E-state index in [4.69, 9.17) is 0 Å². The summed E-state index contributed by atoms with van der Waals surface area (Å²) in [4.78, 5) is 11.9. The molecule has 0 saturated heterocycles. The van der Waals surface area contributed by atoms with Crippen LogP contribution in [0, 0.1) is 5.92 Å². The van der Waals surface area contributed by atoms with Gasteiger partial charge in [-0.2, -0.15) is 0 Å². The first kappa shape index (κ1) is 12.9. The molecule has 0 bridgehead atoms. The molecule has 0 spiro atoms. The maximum Gasteiger partial charge on any atom is 0.244 e. The molecule has 20 heavy (non-hydrogen) atoms. The molecule has 2 N–H and O–H groups in total. The van der Waals surface area contributed by atoms with Crippen LogP contribution in [0.15, 0.2) is 48.8 Å². The third-order valence-electron chi connectivity index (χ3n) is 3.57. The number of nitrogens with one attached hydrogen (secondary N) is 1. The SMILES string of the molecule is O=C(Cn1ccc(C(O)C2CC2)c1)Nc1ccccc1. The second-order valence-electron chi connectivity index (χ2n) is 5.31. The van der Waals surface area contributed by atoms with E-state index in [0.29, 0.717) is 5.92 Å². The van der Waals surface area contributed by atoms with Crippen molar-refractivity contribution in [1.29, 1.82) is 0 Å². The van der Waals surface area contributed by atoms with Gasteiger partial charge < -0.3 is 15.0 Å². The van der Waals surface area contributed by atoms with Gasteiger partial charge in [-0.15, -0.1) is 0 Å². The number of carbonyl (C=O) groups is 1. The monoisotopic (exact) mass is 270 g/mol. The summed E-state index contributed by atoms with van der Waals surface area (Å²) in [6.07, 6.45) is 5.51. The number of aliphatic hydroxyl groups excluding tert-OH is 1. The summed E-state index contributed by atoms with van der Waals surface area (Å²) >= 11 is 0. The van der Waals surface area contributed by atoms with E-state index >= 15 is 0 Å². The van der Waals surface area contributed by atoms with Crippen molar-refractivity contribution in [2.24, 2.45) is 5.92 Å².